The molecule has 2 saturated heterocycles. The lowest BCUT2D eigenvalue weighted by molar-refractivity contribution is 0.0496. The van der Waals surface area contributed by atoms with Gasteiger partial charge in [0.15, 0.2) is 0 Å². The number of benzene rings is 1. The molecule has 2 unspecified atom stereocenters. The normalized spacial score (nSPS) is 27.2. The van der Waals surface area contributed by atoms with Gasteiger partial charge >= 0.3 is 6.09 Å². The van der Waals surface area contributed by atoms with E-state index in [9.17, 15) is 9.90 Å². The Labute approximate surface area is 131 Å². The Kier molecular flexibility index (Phi) is 3.77. The summed E-state index contributed by atoms with van der Waals surface area (Å²) in [5, 5.41) is 18.2. The van der Waals surface area contributed by atoms with Crippen LogP contribution in [0.4, 0.5) is 4.79 Å². The number of carboxylic acid groups (broad SMARTS) is 1. The molecule has 0 aromatic heterocycles. The minimum atomic E-state index is -0.824. The Hall–Kier alpha value is -1.74. The molecule has 1 aromatic rings. The summed E-state index contributed by atoms with van der Waals surface area (Å²) in [6, 6.07) is 7.53. The molecule has 2 aliphatic heterocycles. The minimum Gasteiger partial charge on any atom is -0.490 e. The van der Waals surface area contributed by atoms with Gasteiger partial charge in [0.2, 0.25) is 0 Å². The maximum absolute atomic E-state index is 11.3. The Bertz CT molecular complexity index is 599. The van der Waals surface area contributed by atoms with Crippen LogP contribution in [-0.2, 0) is 0 Å². The summed E-state index contributed by atoms with van der Waals surface area (Å²) in [4.78, 5) is 12.8. The molecule has 5 nitrogen and oxygen atoms in total. The smallest absolute Gasteiger partial charge is 0.407 e. The third-order valence-electron chi connectivity index (χ3n) is 4.21. The lowest BCUT2D eigenvalue weighted by Crippen LogP contribution is -2.48. The van der Waals surface area contributed by atoms with E-state index >= 15 is 0 Å². The minimum absolute atomic E-state index is 0.0129. The Balaban J connectivity index is 1.72. The molecule has 2 atom stereocenters. The van der Waals surface area contributed by atoms with Crippen LogP contribution < -0.4 is 4.74 Å². The van der Waals surface area contributed by atoms with Crippen LogP contribution in [0.25, 0.3) is 0 Å². The quantitative estimate of drug-likeness (QED) is 0.887. The van der Waals surface area contributed by atoms with E-state index in [-0.39, 0.29) is 18.2 Å². The summed E-state index contributed by atoms with van der Waals surface area (Å²) in [5.41, 5.74) is 0.547. The van der Waals surface area contributed by atoms with Gasteiger partial charge in [-0.25, -0.2) is 4.79 Å². The molecule has 2 heterocycles. The van der Waals surface area contributed by atoms with Gasteiger partial charge in [0, 0.05) is 29.4 Å². The molecule has 6 heteroatoms. The van der Waals surface area contributed by atoms with Gasteiger partial charge in [-0.05, 0) is 31.0 Å². The highest BCUT2D eigenvalue weighted by molar-refractivity contribution is 9.10. The van der Waals surface area contributed by atoms with Crippen LogP contribution in [0.3, 0.4) is 0 Å². The molecule has 0 spiro atoms. The van der Waals surface area contributed by atoms with E-state index in [2.05, 4.69) is 22.0 Å². The van der Waals surface area contributed by atoms with Crippen molar-refractivity contribution >= 4 is 22.0 Å². The summed E-state index contributed by atoms with van der Waals surface area (Å²) >= 11 is 3.37. The van der Waals surface area contributed by atoms with Crippen molar-refractivity contribution in [2.75, 3.05) is 0 Å². The number of hydrogen-bond donors (Lipinski definition) is 1. The van der Waals surface area contributed by atoms with Gasteiger partial charge in [-0.3, -0.25) is 0 Å². The van der Waals surface area contributed by atoms with E-state index in [1.807, 2.05) is 6.07 Å². The van der Waals surface area contributed by atoms with Gasteiger partial charge in [0.05, 0.1) is 11.6 Å². The van der Waals surface area contributed by atoms with Crippen molar-refractivity contribution in [3.05, 3.63) is 28.2 Å². The van der Waals surface area contributed by atoms with Gasteiger partial charge in [0.1, 0.15) is 11.9 Å². The lowest BCUT2D eigenvalue weighted by Gasteiger charge is -2.37. The Morgan fingerprint density at radius 3 is 2.57 bits per heavy atom. The highest BCUT2D eigenvalue weighted by atomic mass is 79.9. The summed E-state index contributed by atoms with van der Waals surface area (Å²) in [7, 11) is 0. The van der Waals surface area contributed by atoms with Gasteiger partial charge < -0.3 is 14.7 Å². The lowest BCUT2D eigenvalue weighted by atomic mass is 10.00. The van der Waals surface area contributed by atoms with Crippen LogP contribution >= 0.6 is 15.9 Å². The molecule has 0 radical (unpaired) electrons. The third kappa shape index (κ3) is 2.84. The first-order valence-electron chi connectivity index (χ1n) is 6.95. The SMILES string of the molecule is N#Cc1cc(Br)cc(OC2CC3CCC(C2)N3C(=O)O)c1. The largest absolute Gasteiger partial charge is 0.490 e. The molecular weight excluding hydrogens is 336 g/mol. The third-order valence-corrected chi connectivity index (χ3v) is 4.67. The number of fused-ring (bicyclic) bond motifs is 2. The summed E-state index contributed by atoms with van der Waals surface area (Å²) in [5.74, 6) is 0.661. The van der Waals surface area contributed by atoms with Gasteiger partial charge in [0.25, 0.3) is 0 Å². The topological polar surface area (TPSA) is 73.6 Å². The van der Waals surface area contributed by atoms with E-state index in [0.29, 0.717) is 11.3 Å². The molecule has 0 aliphatic carbocycles. The number of piperidine rings is 1. The number of rotatable bonds is 2. The van der Waals surface area contributed by atoms with Crippen LogP contribution in [0, 0.1) is 11.3 Å². The van der Waals surface area contributed by atoms with Crippen molar-refractivity contribution in [1.29, 1.82) is 5.26 Å². The zero-order chi connectivity index (χ0) is 15.0. The fraction of sp³-hybridized carbons (Fsp3) is 0.467. The molecule has 0 saturated carbocycles. The van der Waals surface area contributed by atoms with Crippen molar-refractivity contribution in [2.45, 2.75) is 43.9 Å². The molecule has 110 valence electrons. The van der Waals surface area contributed by atoms with Crippen LogP contribution in [-0.4, -0.2) is 34.3 Å². The monoisotopic (exact) mass is 350 g/mol. The Morgan fingerprint density at radius 2 is 2.00 bits per heavy atom. The van der Waals surface area contributed by atoms with Gasteiger partial charge in [-0.15, -0.1) is 0 Å². The van der Waals surface area contributed by atoms with Gasteiger partial charge in [-0.2, -0.15) is 5.26 Å². The maximum Gasteiger partial charge on any atom is 0.407 e. The molecule has 3 rings (SSSR count). The number of nitriles is 1. The predicted octanol–water partition coefficient (Wildman–Crippen LogP) is 3.37. The van der Waals surface area contributed by atoms with E-state index in [1.165, 1.54) is 0 Å². The number of halogens is 1. The Morgan fingerprint density at radius 1 is 1.33 bits per heavy atom. The number of amides is 1. The summed E-state index contributed by atoms with van der Waals surface area (Å²) < 4.78 is 6.79. The van der Waals surface area contributed by atoms with Gasteiger partial charge in [-0.1, -0.05) is 15.9 Å². The number of hydrogen-bond acceptors (Lipinski definition) is 3. The van der Waals surface area contributed by atoms with Crippen molar-refractivity contribution in [1.82, 2.24) is 4.90 Å². The molecule has 2 aliphatic rings. The second-order valence-corrected chi connectivity index (χ2v) is 6.49. The zero-order valence-electron chi connectivity index (χ0n) is 11.3. The van der Waals surface area contributed by atoms with Crippen LogP contribution in [0.2, 0.25) is 0 Å². The first-order chi connectivity index (χ1) is 10.1. The average Bonchev–Trinajstić information content (AvgIpc) is 2.70. The van der Waals surface area contributed by atoms with Crippen molar-refractivity contribution in [3.8, 4) is 11.8 Å². The molecule has 1 aromatic carbocycles. The van der Waals surface area contributed by atoms with E-state index < -0.39 is 6.09 Å². The first-order valence-corrected chi connectivity index (χ1v) is 7.74. The summed E-state index contributed by atoms with van der Waals surface area (Å²) in [6.45, 7) is 0. The predicted molar refractivity (Wildman–Crippen MR) is 79.2 cm³/mol. The highest BCUT2D eigenvalue weighted by Gasteiger charge is 2.44. The van der Waals surface area contributed by atoms with Crippen molar-refractivity contribution < 1.29 is 14.6 Å². The van der Waals surface area contributed by atoms with Crippen molar-refractivity contribution in [3.63, 3.8) is 0 Å². The van der Waals surface area contributed by atoms with E-state index in [0.717, 1.165) is 30.2 Å². The molecule has 2 fully saturated rings. The number of ether oxygens (including phenoxy) is 1. The standard InChI is InChI=1S/C15H15BrN2O3/c16-10-3-9(8-17)4-13(5-10)21-14-6-11-1-2-12(7-14)18(11)15(19)20/h3-5,11-12,14H,1-2,6-7H2,(H,19,20). The van der Waals surface area contributed by atoms with Crippen molar-refractivity contribution in [2.24, 2.45) is 0 Å². The average molecular weight is 351 g/mol. The molecule has 21 heavy (non-hydrogen) atoms. The van der Waals surface area contributed by atoms with E-state index in [4.69, 9.17) is 10.00 Å². The fourth-order valence-electron chi connectivity index (χ4n) is 3.42. The molecule has 2 bridgehead atoms. The summed E-state index contributed by atoms with van der Waals surface area (Å²) in [6.07, 6.45) is 2.46. The van der Waals surface area contributed by atoms with E-state index in [1.54, 1.807) is 17.0 Å². The first kappa shape index (κ1) is 14.2. The van der Waals surface area contributed by atoms with Crippen LogP contribution in [0.1, 0.15) is 31.2 Å². The maximum atomic E-state index is 11.3. The zero-order valence-corrected chi connectivity index (χ0v) is 12.9. The molecule has 1 N–H and O–H groups in total. The second kappa shape index (κ2) is 5.57. The molecule has 1 amide bonds. The second-order valence-electron chi connectivity index (χ2n) is 5.57. The molecular formula is C15H15BrN2O3. The number of nitrogens with zero attached hydrogens (tertiary/aromatic N) is 2. The van der Waals surface area contributed by atoms with Crippen LogP contribution in [0.5, 0.6) is 5.75 Å². The fourth-order valence-corrected chi connectivity index (χ4v) is 3.90. The van der Waals surface area contributed by atoms with Crippen LogP contribution in [0.15, 0.2) is 22.7 Å². The highest BCUT2D eigenvalue weighted by Crippen LogP contribution is 2.37. The number of carbonyl (C=O) groups is 1.